The van der Waals surface area contributed by atoms with Crippen LogP contribution in [0.2, 0.25) is 0 Å². The van der Waals surface area contributed by atoms with Crippen molar-refractivity contribution in [3.05, 3.63) is 0 Å². The Morgan fingerprint density at radius 1 is 1.00 bits per heavy atom. The summed E-state index contributed by atoms with van der Waals surface area (Å²) in [6.07, 6.45) is 3.00. The second-order valence-electron chi connectivity index (χ2n) is 14.4. The van der Waals surface area contributed by atoms with E-state index in [0.717, 1.165) is 19.3 Å². The van der Waals surface area contributed by atoms with Crippen LogP contribution in [0.3, 0.4) is 0 Å². The minimum Gasteiger partial charge on any atom is -0.460 e. The molecule has 1 heterocycles. The van der Waals surface area contributed by atoms with Crippen molar-refractivity contribution in [2.75, 3.05) is 6.61 Å². The number of hydrogen-bond acceptors (Lipinski definition) is 9. The second kappa shape index (κ2) is 9.35. The fourth-order valence-electron chi connectivity index (χ4n) is 9.48. The first-order valence-corrected chi connectivity index (χ1v) is 14.9. The average Bonchev–Trinajstić information content (AvgIpc) is 3.47. The SMILES string of the molecule is CCC1(OC(=O)C(C)(F)F)C2CC3CC1CC(OCC(=O)OC1C4CC5C1OC(=O)C5C4C(=O)OC(C)(C)C)(C3)C2. The predicted molar refractivity (Wildman–Crippen MR) is 136 cm³/mol. The topological polar surface area (TPSA) is 114 Å². The van der Waals surface area contributed by atoms with Crippen LogP contribution in [0.1, 0.15) is 79.6 Å². The van der Waals surface area contributed by atoms with Crippen LogP contribution in [0.5, 0.6) is 0 Å². The van der Waals surface area contributed by atoms with Gasteiger partial charge in [-0.05, 0) is 71.6 Å². The Morgan fingerprint density at radius 2 is 1.66 bits per heavy atom. The third-order valence-corrected chi connectivity index (χ3v) is 10.7. The van der Waals surface area contributed by atoms with Gasteiger partial charge >= 0.3 is 29.8 Å². The van der Waals surface area contributed by atoms with Gasteiger partial charge in [0, 0.05) is 30.6 Å². The maximum Gasteiger partial charge on any atom is 0.377 e. The van der Waals surface area contributed by atoms with E-state index in [1.54, 1.807) is 20.8 Å². The number of ether oxygens (including phenoxy) is 5. The number of rotatable bonds is 8. The van der Waals surface area contributed by atoms with E-state index in [2.05, 4.69) is 0 Å². The van der Waals surface area contributed by atoms with Crippen molar-refractivity contribution in [3.63, 3.8) is 0 Å². The minimum absolute atomic E-state index is 0.129. The normalized spacial score (nSPS) is 43.7. The molecular formula is C30H40F2O9. The van der Waals surface area contributed by atoms with Crippen LogP contribution in [0.25, 0.3) is 0 Å². The molecule has 6 aliphatic carbocycles. The van der Waals surface area contributed by atoms with E-state index in [0.29, 0.717) is 38.5 Å². The van der Waals surface area contributed by atoms with Crippen LogP contribution < -0.4 is 0 Å². The zero-order chi connectivity index (χ0) is 29.7. The third-order valence-electron chi connectivity index (χ3n) is 10.7. The van der Waals surface area contributed by atoms with Gasteiger partial charge in [-0.1, -0.05) is 6.92 Å². The molecule has 7 fully saturated rings. The smallest absolute Gasteiger partial charge is 0.377 e. The minimum atomic E-state index is -3.56. The van der Waals surface area contributed by atoms with E-state index >= 15 is 0 Å². The summed E-state index contributed by atoms with van der Waals surface area (Å²) in [5.41, 5.74) is -2.29. The number of esters is 4. The van der Waals surface area contributed by atoms with Crippen LogP contribution in [0.15, 0.2) is 0 Å². The van der Waals surface area contributed by atoms with Crippen molar-refractivity contribution in [2.45, 2.75) is 114 Å². The number of fused-ring (bicyclic) bond motifs is 1. The number of halogens is 2. The Kier molecular flexibility index (Phi) is 6.57. The van der Waals surface area contributed by atoms with Gasteiger partial charge in [-0.15, -0.1) is 0 Å². The summed E-state index contributed by atoms with van der Waals surface area (Å²) in [6, 6.07) is 0. The van der Waals surface area contributed by atoms with E-state index in [-0.39, 0.29) is 30.3 Å². The maximum atomic E-state index is 13.8. The largest absolute Gasteiger partial charge is 0.460 e. The molecule has 9 nitrogen and oxygen atoms in total. The molecule has 7 aliphatic rings. The van der Waals surface area contributed by atoms with E-state index in [1.165, 1.54) is 0 Å². The molecule has 8 unspecified atom stereocenters. The summed E-state index contributed by atoms with van der Waals surface area (Å²) < 4.78 is 56.4. The summed E-state index contributed by atoms with van der Waals surface area (Å²) in [5.74, 6) is -8.36. The summed E-state index contributed by atoms with van der Waals surface area (Å²) >= 11 is 0. The fraction of sp³-hybridized carbons (Fsp3) is 0.867. The first-order valence-electron chi connectivity index (χ1n) is 14.9. The Labute approximate surface area is 238 Å². The van der Waals surface area contributed by atoms with Crippen molar-refractivity contribution in [1.29, 1.82) is 0 Å². The molecule has 0 aromatic rings. The Balaban J connectivity index is 1.11. The fourth-order valence-corrected chi connectivity index (χ4v) is 9.48. The number of carbonyl (C=O) groups excluding carboxylic acids is 4. The lowest BCUT2D eigenvalue weighted by atomic mass is 9.47. The van der Waals surface area contributed by atoms with E-state index in [9.17, 15) is 28.0 Å². The zero-order valence-corrected chi connectivity index (χ0v) is 24.3. The zero-order valence-electron chi connectivity index (χ0n) is 24.3. The van der Waals surface area contributed by atoms with Crippen LogP contribution in [0, 0.1) is 41.4 Å². The maximum absolute atomic E-state index is 13.8. The molecule has 6 saturated carbocycles. The summed E-state index contributed by atoms with van der Waals surface area (Å²) in [7, 11) is 0. The lowest BCUT2D eigenvalue weighted by Crippen LogP contribution is -2.66. The van der Waals surface area contributed by atoms with Crippen molar-refractivity contribution in [2.24, 2.45) is 41.4 Å². The quantitative estimate of drug-likeness (QED) is 0.310. The van der Waals surface area contributed by atoms with Gasteiger partial charge in [-0.2, -0.15) is 8.78 Å². The highest BCUT2D eigenvalue weighted by Crippen LogP contribution is 2.63. The lowest BCUT2D eigenvalue weighted by molar-refractivity contribution is -0.262. The van der Waals surface area contributed by atoms with Gasteiger partial charge in [0.15, 0.2) is 0 Å². The highest BCUT2D eigenvalue weighted by molar-refractivity contribution is 5.86. The van der Waals surface area contributed by atoms with Crippen molar-refractivity contribution in [3.8, 4) is 0 Å². The molecule has 0 amide bonds. The molecule has 0 aromatic carbocycles. The van der Waals surface area contributed by atoms with Crippen molar-refractivity contribution >= 4 is 23.9 Å². The number of alkyl halides is 2. The summed E-state index contributed by atoms with van der Waals surface area (Å²) in [5, 5.41) is 0. The first-order chi connectivity index (χ1) is 19.1. The molecule has 7 rings (SSSR count). The molecule has 0 aromatic heterocycles. The molecule has 41 heavy (non-hydrogen) atoms. The summed E-state index contributed by atoms with van der Waals surface area (Å²) in [4.78, 5) is 51.0. The van der Waals surface area contributed by atoms with Crippen LogP contribution in [0.4, 0.5) is 8.78 Å². The van der Waals surface area contributed by atoms with Gasteiger partial charge in [-0.3, -0.25) is 9.59 Å². The van der Waals surface area contributed by atoms with Gasteiger partial charge in [0.2, 0.25) is 0 Å². The molecule has 0 N–H and O–H groups in total. The van der Waals surface area contributed by atoms with Crippen LogP contribution in [-0.4, -0.2) is 65.4 Å². The highest BCUT2D eigenvalue weighted by Gasteiger charge is 2.70. The van der Waals surface area contributed by atoms with Gasteiger partial charge in [0.25, 0.3) is 0 Å². The molecule has 6 bridgehead atoms. The lowest BCUT2D eigenvalue weighted by Gasteiger charge is -2.64. The van der Waals surface area contributed by atoms with Gasteiger partial charge < -0.3 is 23.7 Å². The Morgan fingerprint density at radius 3 is 2.24 bits per heavy atom. The Hall–Kier alpha value is -2.30. The molecule has 11 heteroatoms. The molecule has 228 valence electrons. The summed E-state index contributed by atoms with van der Waals surface area (Å²) in [6.45, 7) is 7.41. The molecular weight excluding hydrogens is 542 g/mol. The van der Waals surface area contributed by atoms with Gasteiger partial charge in [-0.25, -0.2) is 9.59 Å². The third kappa shape index (κ3) is 4.65. The van der Waals surface area contributed by atoms with E-state index in [4.69, 9.17) is 23.7 Å². The monoisotopic (exact) mass is 582 g/mol. The molecule has 0 spiro atoms. The second-order valence-corrected chi connectivity index (χ2v) is 14.4. The molecule has 1 aliphatic heterocycles. The van der Waals surface area contributed by atoms with Crippen molar-refractivity contribution in [1.82, 2.24) is 0 Å². The number of carbonyl (C=O) groups is 4. The van der Waals surface area contributed by atoms with Crippen LogP contribution >= 0.6 is 0 Å². The average molecular weight is 583 g/mol. The standard InChI is InChI=1S/C30H40F2O9/c1-6-30(41-26(36)28(5,31)32)15-7-14-8-16(30)12-29(10-14,11-15)37-13-19(33)38-22-18-9-17-20(24(34)39-23(17)22)21(18)25(35)40-27(2,3)4/h14-18,20-23H,6-13H2,1-5H3. The van der Waals surface area contributed by atoms with E-state index < -0.39 is 70.6 Å². The molecule has 1 saturated heterocycles. The van der Waals surface area contributed by atoms with Gasteiger partial charge in [0.1, 0.15) is 30.0 Å². The predicted octanol–water partition coefficient (Wildman–Crippen LogP) is 3.99. The Bertz CT molecular complexity index is 1120. The number of hydrogen-bond donors (Lipinski definition) is 0. The van der Waals surface area contributed by atoms with Crippen molar-refractivity contribution < 1.29 is 51.6 Å². The first kappa shape index (κ1) is 28.8. The molecule has 8 atom stereocenters. The van der Waals surface area contributed by atoms with E-state index in [1.807, 2.05) is 6.92 Å². The highest BCUT2D eigenvalue weighted by atomic mass is 19.3. The van der Waals surface area contributed by atoms with Gasteiger partial charge in [0.05, 0.1) is 17.4 Å². The molecule has 0 radical (unpaired) electrons. The van der Waals surface area contributed by atoms with Crippen LogP contribution in [-0.2, 0) is 42.9 Å².